The number of aromatic nitrogens is 2. The van der Waals surface area contributed by atoms with Gasteiger partial charge in [-0.15, -0.1) is 0 Å². The maximum Gasteiger partial charge on any atom is 0.144 e. The Morgan fingerprint density at radius 3 is 2.92 bits per heavy atom. The van der Waals surface area contributed by atoms with Gasteiger partial charge in [-0.3, -0.25) is 4.98 Å². The van der Waals surface area contributed by atoms with Gasteiger partial charge in [0.1, 0.15) is 5.82 Å². The summed E-state index contributed by atoms with van der Waals surface area (Å²) in [5.41, 5.74) is 0. The predicted octanol–water partition coefficient (Wildman–Crippen LogP) is 2.08. The third-order valence-electron chi connectivity index (χ3n) is 1.68. The summed E-state index contributed by atoms with van der Waals surface area (Å²) < 4.78 is 0. The van der Waals surface area contributed by atoms with Gasteiger partial charge in [0.15, 0.2) is 0 Å². The molecule has 0 spiro atoms. The quantitative estimate of drug-likeness (QED) is 0.742. The average Bonchev–Trinajstić information content (AvgIpc) is 2.06. The summed E-state index contributed by atoms with van der Waals surface area (Å²) in [6.07, 6.45) is 7.47. The highest BCUT2D eigenvalue weighted by molar-refractivity contribution is 5.30. The molecule has 3 nitrogen and oxygen atoms in total. The first-order valence-corrected chi connectivity index (χ1v) is 4.35. The van der Waals surface area contributed by atoms with Crippen molar-refractivity contribution in [3.05, 3.63) is 18.6 Å². The van der Waals surface area contributed by atoms with E-state index in [-0.39, 0.29) is 0 Å². The van der Waals surface area contributed by atoms with Crippen LogP contribution in [-0.2, 0) is 0 Å². The SMILES string of the molecule is CCCC(C)Nc1cnccn1. The summed E-state index contributed by atoms with van der Waals surface area (Å²) >= 11 is 0. The van der Waals surface area contributed by atoms with Crippen LogP contribution in [0.1, 0.15) is 26.7 Å². The van der Waals surface area contributed by atoms with Crippen molar-refractivity contribution in [3.63, 3.8) is 0 Å². The highest BCUT2D eigenvalue weighted by atomic mass is 15.0. The van der Waals surface area contributed by atoms with Gasteiger partial charge < -0.3 is 5.32 Å². The van der Waals surface area contributed by atoms with Crippen molar-refractivity contribution in [3.8, 4) is 0 Å². The molecular formula is C9H15N3. The van der Waals surface area contributed by atoms with Gasteiger partial charge in [-0.25, -0.2) is 4.98 Å². The number of anilines is 1. The van der Waals surface area contributed by atoms with Gasteiger partial charge in [0, 0.05) is 18.4 Å². The second kappa shape index (κ2) is 4.70. The molecule has 0 aliphatic carbocycles. The van der Waals surface area contributed by atoms with Crippen LogP contribution in [0.25, 0.3) is 0 Å². The van der Waals surface area contributed by atoms with Gasteiger partial charge in [0.25, 0.3) is 0 Å². The molecule has 0 fully saturated rings. The Hall–Kier alpha value is -1.12. The van der Waals surface area contributed by atoms with E-state index in [2.05, 4.69) is 29.1 Å². The highest BCUT2D eigenvalue weighted by Gasteiger charge is 1.99. The number of rotatable bonds is 4. The molecule has 1 aromatic rings. The summed E-state index contributed by atoms with van der Waals surface area (Å²) in [5.74, 6) is 0.860. The average molecular weight is 165 g/mol. The molecule has 0 saturated carbocycles. The first-order chi connectivity index (χ1) is 5.83. The van der Waals surface area contributed by atoms with E-state index >= 15 is 0 Å². The molecule has 0 aromatic carbocycles. The van der Waals surface area contributed by atoms with Gasteiger partial charge >= 0.3 is 0 Å². The van der Waals surface area contributed by atoms with Crippen molar-refractivity contribution in [1.29, 1.82) is 0 Å². The fraction of sp³-hybridized carbons (Fsp3) is 0.556. The van der Waals surface area contributed by atoms with Crippen LogP contribution in [-0.4, -0.2) is 16.0 Å². The highest BCUT2D eigenvalue weighted by Crippen LogP contribution is 2.04. The lowest BCUT2D eigenvalue weighted by atomic mass is 10.2. The molecule has 1 heterocycles. The Labute approximate surface area is 73.2 Å². The standard InChI is InChI=1S/C9H15N3/c1-3-4-8(2)12-9-7-10-5-6-11-9/h5-8H,3-4H2,1-2H3,(H,11,12). The van der Waals surface area contributed by atoms with E-state index in [9.17, 15) is 0 Å². The van der Waals surface area contributed by atoms with E-state index < -0.39 is 0 Å². The van der Waals surface area contributed by atoms with E-state index in [0.29, 0.717) is 6.04 Å². The third kappa shape index (κ3) is 2.86. The maximum absolute atomic E-state index is 4.13. The largest absolute Gasteiger partial charge is 0.366 e. The van der Waals surface area contributed by atoms with Crippen LogP contribution in [0, 0.1) is 0 Å². The van der Waals surface area contributed by atoms with E-state index in [1.165, 1.54) is 6.42 Å². The monoisotopic (exact) mass is 165 g/mol. The Balaban J connectivity index is 2.41. The molecule has 66 valence electrons. The van der Waals surface area contributed by atoms with Gasteiger partial charge in [-0.1, -0.05) is 13.3 Å². The molecule has 0 radical (unpaired) electrons. The molecule has 12 heavy (non-hydrogen) atoms. The van der Waals surface area contributed by atoms with Crippen molar-refractivity contribution < 1.29 is 0 Å². The zero-order valence-corrected chi connectivity index (χ0v) is 7.62. The van der Waals surface area contributed by atoms with E-state index in [1.807, 2.05) is 0 Å². The molecule has 0 bridgehead atoms. The van der Waals surface area contributed by atoms with Crippen LogP contribution in [0.2, 0.25) is 0 Å². The number of hydrogen-bond acceptors (Lipinski definition) is 3. The molecule has 1 atom stereocenters. The topological polar surface area (TPSA) is 37.8 Å². The van der Waals surface area contributed by atoms with Crippen LogP contribution >= 0.6 is 0 Å². The Bertz CT molecular complexity index is 210. The fourth-order valence-electron chi connectivity index (χ4n) is 1.13. The first-order valence-electron chi connectivity index (χ1n) is 4.35. The van der Waals surface area contributed by atoms with E-state index in [4.69, 9.17) is 0 Å². The van der Waals surface area contributed by atoms with E-state index in [1.54, 1.807) is 18.6 Å². The Morgan fingerprint density at radius 2 is 2.33 bits per heavy atom. The summed E-state index contributed by atoms with van der Waals surface area (Å²) in [7, 11) is 0. The molecule has 3 heteroatoms. The van der Waals surface area contributed by atoms with Gasteiger partial charge in [-0.05, 0) is 13.3 Å². The molecule has 1 N–H and O–H groups in total. The zero-order valence-electron chi connectivity index (χ0n) is 7.62. The molecular weight excluding hydrogens is 150 g/mol. The van der Waals surface area contributed by atoms with Crippen molar-refractivity contribution >= 4 is 5.82 Å². The minimum Gasteiger partial charge on any atom is -0.366 e. The maximum atomic E-state index is 4.13. The molecule has 0 saturated heterocycles. The van der Waals surface area contributed by atoms with Crippen LogP contribution < -0.4 is 5.32 Å². The van der Waals surface area contributed by atoms with Crippen molar-refractivity contribution in [2.75, 3.05) is 5.32 Å². The van der Waals surface area contributed by atoms with Crippen molar-refractivity contribution in [1.82, 2.24) is 9.97 Å². The second-order valence-electron chi connectivity index (χ2n) is 2.92. The van der Waals surface area contributed by atoms with Crippen LogP contribution in [0.4, 0.5) is 5.82 Å². The lowest BCUT2D eigenvalue weighted by Crippen LogP contribution is -2.15. The molecule has 0 amide bonds. The van der Waals surface area contributed by atoms with Gasteiger partial charge in [-0.2, -0.15) is 0 Å². The molecule has 1 unspecified atom stereocenters. The number of nitrogens with zero attached hydrogens (tertiary/aromatic N) is 2. The molecule has 1 rings (SSSR count). The molecule has 0 aliphatic heterocycles. The zero-order chi connectivity index (χ0) is 8.81. The molecule has 1 aromatic heterocycles. The Morgan fingerprint density at radius 1 is 1.50 bits per heavy atom. The number of hydrogen-bond donors (Lipinski definition) is 1. The first kappa shape index (κ1) is 8.97. The van der Waals surface area contributed by atoms with Crippen LogP contribution in [0.5, 0.6) is 0 Å². The van der Waals surface area contributed by atoms with Crippen LogP contribution in [0.15, 0.2) is 18.6 Å². The lowest BCUT2D eigenvalue weighted by Gasteiger charge is -2.12. The summed E-state index contributed by atoms with van der Waals surface area (Å²) in [4.78, 5) is 8.10. The summed E-state index contributed by atoms with van der Waals surface area (Å²) in [5, 5.41) is 3.27. The molecule has 0 aliphatic rings. The van der Waals surface area contributed by atoms with Crippen molar-refractivity contribution in [2.45, 2.75) is 32.7 Å². The minimum atomic E-state index is 0.478. The van der Waals surface area contributed by atoms with E-state index in [0.717, 1.165) is 12.2 Å². The predicted molar refractivity (Wildman–Crippen MR) is 50.0 cm³/mol. The third-order valence-corrected chi connectivity index (χ3v) is 1.68. The van der Waals surface area contributed by atoms with Gasteiger partial charge in [0.2, 0.25) is 0 Å². The fourth-order valence-corrected chi connectivity index (χ4v) is 1.13. The summed E-state index contributed by atoms with van der Waals surface area (Å²) in [6.45, 7) is 4.33. The number of nitrogens with one attached hydrogen (secondary N) is 1. The Kier molecular flexibility index (Phi) is 3.51. The van der Waals surface area contributed by atoms with Gasteiger partial charge in [0.05, 0.1) is 6.20 Å². The summed E-state index contributed by atoms with van der Waals surface area (Å²) in [6, 6.07) is 0.478. The second-order valence-corrected chi connectivity index (χ2v) is 2.92. The lowest BCUT2D eigenvalue weighted by molar-refractivity contribution is 0.687. The minimum absolute atomic E-state index is 0.478. The normalized spacial score (nSPS) is 12.5. The smallest absolute Gasteiger partial charge is 0.144 e. The van der Waals surface area contributed by atoms with Crippen molar-refractivity contribution in [2.24, 2.45) is 0 Å². The van der Waals surface area contributed by atoms with Crippen LogP contribution in [0.3, 0.4) is 0 Å².